The monoisotopic (exact) mass is 772 g/mol. The van der Waals surface area contributed by atoms with E-state index in [1.807, 2.05) is 5.43 Å². The predicted molar refractivity (Wildman–Crippen MR) is 180 cm³/mol. The number of hydrogen-bond donors (Lipinski definition) is 3. The van der Waals surface area contributed by atoms with Gasteiger partial charge in [0, 0.05) is 46.7 Å². The molecule has 0 aliphatic carbocycles. The lowest BCUT2D eigenvalue weighted by Crippen LogP contribution is -2.48. The van der Waals surface area contributed by atoms with Gasteiger partial charge in [0.05, 0.1) is 28.4 Å². The maximum Gasteiger partial charge on any atom is 0.423 e. The summed E-state index contributed by atoms with van der Waals surface area (Å²) >= 11 is 0. The molecule has 3 N–H and O–H groups in total. The number of pyridine rings is 1. The minimum absolute atomic E-state index is 0.0344. The number of carbonyl (C=O) groups is 2. The molecule has 21 heteroatoms. The van der Waals surface area contributed by atoms with Crippen LogP contribution in [0.5, 0.6) is 0 Å². The van der Waals surface area contributed by atoms with Gasteiger partial charge < -0.3 is 14.6 Å². The van der Waals surface area contributed by atoms with E-state index >= 15 is 4.39 Å². The van der Waals surface area contributed by atoms with Gasteiger partial charge in [0.1, 0.15) is 24.2 Å². The fourth-order valence-corrected chi connectivity index (χ4v) is 5.68. The first kappa shape index (κ1) is 40.6. The molecule has 4 rings (SSSR count). The van der Waals surface area contributed by atoms with Crippen LogP contribution in [0.25, 0.3) is 22.2 Å². The summed E-state index contributed by atoms with van der Waals surface area (Å²) in [6.07, 6.45) is -7.08. The van der Waals surface area contributed by atoms with E-state index in [9.17, 15) is 45.5 Å². The van der Waals surface area contributed by atoms with Crippen LogP contribution in [-0.4, -0.2) is 56.9 Å². The Morgan fingerprint density at radius 1 is 0.962 bits per heavy atom. The Kier molecular flexibility index (Phi) is 12.4. The second-order valence-corrected chi connectivity index (χ2v) is 18.7. The van der Waals surface area contributed by atoms with Gasteiger partial charge in [0.15, 0.2) is 5.82 Å². The van der Waals surface area contributed by atoms with E-state index in [4.69, 9.17) is 4.74 Å². The fraction of sp³-hybridized carbons (Fsp3) is 0.406. The molecule has 0 bridgehead atoms. The summed E-state index contributed by atoms with van der Waals surface area (Å²) < 4.78 is 103. The molecule has 3 heterocycles. The van der Waals surface area contributed by atoms with Gasteiger partial charge in [-0.2, -0.15) is 31.4 Å². The zero-order valence-corrected chi connectivity index (χ0v) is 29.8. The van der Waals surface area contributed by atoms with E-state index < -0.39 is 78.8 Å². The van der Waals surface area contributed by atoms with Crippen molar-refractivity contribution in [2.75, 3.05) is 11.9 Å². The molecule has 53 heavy (non-hydrogen) atoms. The average Bonchev–Trinajstić information content (AvgIpc) is 3.05. The third-order valence-corrected chi connectivity index (χ3v) is 9.43. The Balaban J connectivity index is 1.55. The van der Waals surface area contributed by atoms with Crippen LogP contribution in [0.3, 0.4) is 0 Å². The number of hydrazine groups is 1. The number of fused-ring (bicyclic) bond motifs is 1. The fourth-order valence-electron chi connectivity index (χ4n) is 4.92. The second-order valence-electron chi connectivity index (χ2n) is 13.1. The van der Waals surface area contributed by atoms with Crippen LogP contribution in [0.1, 0.15) is 30.9 Å². The molecule has 1 atom stereocenters. The van der Waals surface area contributed by atoms with Crippen LogP contribution in [0.4, 0.5) is 36.4 Å². The molecule has 0 saturated heterocycles. The first-order valence-corrected chi connectivity index (χ1v) is 19.7. The van der Waals surface area contributed by atoms with Crippen molar-refractivity contribution in [2.24, 2.45) is 0 Å². The third kappa shape index (κ3) is 10.7. The van der Waals surface area contributed by atoms with Gasteiger partial charge in [-0.3, -0.25) is 30.0 Å². The number of amides is 2. The lowest BCUT2D eigenvalue weighted by molar-refractivity contribution is -0.139. The first-order chi connectivity index (χ1) is 24.7. The van der Waals surface area contributed by atoms with Crippen molar-refractivity contribution in [1.29, 1.82) is 0 Å². The third-order valence-electron chi connectivity index (χ3n) is 7.72. The zero-order chi connectivity index (χ0) is 39.3. The van der Waals surface area contributed by atoms with Crippen LogP contribution in [0.15, 0.2) is 52.6 Å². The van der Waals surface area contributed by atoms with E-state index in [2.05, 4.69) is 45.5 Å². The number of nitrogens with one attached hydrogen (secondary N) is 3. The molecule has 0 spiro atoms. The maximum absolute atomic E-state index is 15.1. The molecule has 4 aromatic rings. The second kappa shape index (κ2) is 16.2. The predicted octanol–water partition coefficient (Wildman–Crippen LogP) is 4.93. The highest BCUT2D eigenvalue weighted by Gasteiger charge is 2.39. The molecule has 1 unspecified atom stereocenters. The van der Waals surface area contributed by atoms with Crippen molar-refractivity contribution < 1.29 is 45.1 Å². The summed E-state index contributed by atoms with van der Waals surface area (Å²) in [7, 11) is -1.52. The number of alkyl halides is 6. The lowest BCUT2D eigenvalue weighted by atomic mass is 10.1. The molecular weight excluding hydrogens is 737 g/mol. The van der Waals surface area contributed by atoms with Gasteiger partial charge in [0.2, 0.25) is 5.91 Å². The highest BCUT2D eigenvalue weighted by molar-refractivity contribution is 6.76. The number of rotatable bonds is 13. The Morgan fingerprint density at radius 2 is 1.64 bits per heavy atom. The number of hydrogen-bond acceptors (Lipinski definition) is 9. The van der Waals surface area contributed by atoms with E-state index in [1.165, 1.54) is 18.3 Å². The zero-order valence-electron chi connectivity index (χ0n) is 28.8. The van der Waals surface area contributed by atoms with Crippen molar-refractivity contribution >= 4 is 36.3 Å². The summed E-state index contributed by atoms with van der Waals surface area (Å²) in [5.74, 6) is -2.99. The molecule has 0 saturated carbocycles. The van der Waals surface area contributed by atoms with Gasteiger partial charge in [-0.1, -0.05) is 19.6 Å². The quantitative estimate of drug-likeness (QED) is 0.0741. The maximum atomic E-state index is 15.1. The smallest absolute Gasteiger partial charge is 0.372 e. The molecule has 1 aromatic carbocycles. The van der Waals surface area contributed by atoms with Crippen LogP contribution < -0.4 is 27.3 Å². The van der Waals surface area contributed by atoms with Crippen molar-refractivity contribution in [3.63, 3.8) is 0 Å². The van der Waals surface area contributed by atoms with Crippen LogP contribution >= 0.6 is 0 Å². The Morgan fingerprint density at radius 3 is 2.25 bits per heavy atom. The molecule has 0 radical (unpaired) electrons. The molecule has 3 aromatic heterocycles. The normalized spacial score (nSPS) is 12.8. The molecule has 286 valence electrons. The molecule has 0 aliphatic heterocycles. The molecule has 0 aliphatic rings. The van der Waals surface area contributed by atoms with E-state index in [-0.39, 0.29) is 48.2 Å². The number of nitrogens with zero attached hydrogens (tertiary/aromatic N) is 5. The van der Waals surface area contributed by atoms with Gasteiger partial charge in [-0.15, -0.1) is 0 Å². The topological polar surface area (TPSA) is 162 Å². The number of ether oxygens (including phenoxy) is 1. The van der Waals surface area contributed by atoms with Crippen LogP contribution in [-0.2, 0) is 40.0 Å². The standard InChI is InChI=1S/C32H35F7N8O5Si/c1-18(48)44-45-28(49)24(43-25-16-42-47(17-52-10-11-53(2,3)4)30(51)26(25)32(37,38)39)6-5-8-46-9-7-19-12-22(23(33)13-21(19)29(46)50)27-40-14-20(15-41-27)31(34,35)36/h7,9,12-16,24,43H,5-6,8,10-11,17H2,1-4H3,(H,44,48)(H,45,49). The summed E-state index contributed by atoms with van der Waals surface area (Å²) in [4.78, 5) is 57.7. The van der Waals surface area contributed by atoms with Gasteiger partial charge in [0.25, 0.3) is 17.0 Å². The van der Waals surface area contributed by atoms with Crippen LogP contribution in [0.2, 0.25) is 25.7 Å². The van der Waals surface area contributed by atoms with Crippen molar-refractivity contribution in [2.45, 2.75) is 77.1 Å². The molecular formula is C32H35F7N8O5Si. The Hall–Kier alpha value is -5.18. The van der Waals surface area contributed by atoms with Crippen LogP contribution in [0, 0.1) is 5.82 Å². The van der Waals surface area contributed by atoms with Gasteiger partial charge >= 0.3 is 12.4 Å². The largest absolute Gasteiger partial charge is 0.423 e. The first-order valence-electron chi connectivity index (χ1n) is 16.0. The number of aromatic nitrogens is 5. The number of anilines is 1. The summed E-state index contributed by atoms with van der Waals surface area (Å²) in [5, 5.41) is 6.29. The number of aryl methyl sites for hydroxylation is 1. The van der Waals surface area contributed by atoms with Crippen molar-refractivity contribution in [3.05, 3.63) is 80.6 Å². The van der Waals surface area contributed by atoms with E-state index in [0.29, 0.717) is 23.1 Å². The Bertz CT molecular complexity index is 2080. The van der Waals surface area contributed by atoms with Crippen molar-refractivity contribution in [3.8, 4) is 11.4 Å². The number of halogens is 7. The Labute approximate surface area is 297 Å². The van der Waals surface area contributed by atoms with E-state index in [1.54, 1.807) is 0 Å². The summed E-state index contributed by atoms with van der Waals surface area (Å²) in [6, 6.07) is 2.70. The average molecular weight is 773 g/mol. The molecule has 0 fully saturated rings. The summed E-state index contributed by atoms with van der Waals surface area (Å²) in [6.45, 7) is 6.86. The van der Waals surface area contributed by atoms with Gasteiger partial charge in [-0.05, 0) is 42.5 Å². The molecule has 13 nitrogen and oxygen atoms in total. The summed E-state index contributed by atoms with van der Waals surface area (Å²) in [5.41, 5.74) is -1.91. The highest BCUT2D eigenvalue weighted by Crippen LogP contribution is 2.33. The number of benzene rings is 1. The van der Waals surface area contributed by atoms with Gasteiger partial charge in [-0.25, -0.2) is 19.0 Å². The number of carbonyl (C=O) groups excluding carboxylic acids is 2. The highest BCUT2D eigenvalue weighted by atomic mass is 28.3. The minimum Gasteiger partial charge on any atom is -0.372 e. The SMILES string of the molecule is CC(=O)NNC(=O)C(CCCn1ccc2cc(-c3ncc(C(F)(F)F)cn3)c(F)cc2c1=O)Nc1cnn(COCC[Si](C)(C)C)c(=O)c1C(F)(F)F. The van der Waals surface area contributed by atoms with E-state index in [0.717, 1.165) is 23.8 Å². The minimum atomic E-state index is -5.17. The lowest BCUT2D eigenvalue weighted by Gasteiger charge is -2.22. The molecule has 2 amide bonds. The van der Waals surface area contributed by atoms with Crippen molar-refractivity contribution in [1.82, 2.24) is 35.2 Å².